The number of nitrogens with two attached hydrogens (primary N) is 1. The molecule has 0 aliphatic heterocycles. The fourth-order valence-corrected chi connectivity index (χ4v) is 1.61. The molecule has 0 aliphatic rings. The minimum Gasteiger partial charge on any atom is -0.468 e. The summed E-state index contributed by atoms with van der Waals surface area (Å²) in [5, 5.41) is 0. The van der Waals surface area contributed by atoms with E-state index >= 15 is 0 Å². The van der Waals surface area contributed by atoms with Crippen LogP contribution in [-0.4, -0.2) is 24.0 Å². The van der Waals surface area contributed by atoms with Crippen LogP contribution in [0.4, 0.5) is 0 Å². The van der Waals surface area contributed by atoms with Gasteiger partial charge in [-0.15, -0.1) is 0 Å². The van der Waals surface area contributed by atoms with E-state index in [1.54, 1.807) is 6.26 Å². The van der Waals surface area contributed by atoms with Gasteiger partial charge in [0, 0.05) is 6.04 Å². The van der Waals surface area contributed by atoms with Crippen LogP contribution < -0.4 is 5.73 Å². The van der Waals surface area contributed by atoms with Crippen LogP contribution >= 0.6 is 0 Å². The minimum absolute atomic E-state index is 0.312. The second-order valence-corrected chi connectivity index (χ2v) is 4.07. The zero-order chi connectivity index (χ0) is 11.1. The largest absolute Gasteiger partial charge is 0.468 e. The number of nitrogens with zero attached hydrogens (tertiary/aromatic N) is 1. The van der Waals surface area contributed by atoms with E-state index in [1.165, 1.54) is 0 Å². The zero-order valence-corrected chi connectivity index (χ0v) is 9.78. The summed E-state index contributed by atoms with van der Waals surface area (Å²) in [5.74, 6) is 1.04. The molecule has 1 atom stereocenters. The Kier molecular flexibility index (Phi) is 5.43. The summed E-state index contributed by atoms with van der Waals surface area (Å²) < 4.78 is 5.33. The molecular weight excluding hydrogens is 188 g/mol. The van der Waals surface area contributed by atoms with Gasteiger partial charge in [0.25, 0.3) is 0 Å². The molecule has 0 bridgehead atoms. The third kappa shape index (κ3) is 5.00. The average Bonchev–Trinajstić information content (AvgIpc) is 2.68. The van der Waals surface area contributed by atoms with Crippen LogP contribution in [-0.2, 0) is 6.54 Å². The summed E-state index contributed by atoms with van der Waals surface area (Å²) in [5.41, 5.74) is 5.72. The lowest BCUT2D eigenvalue weighted by Crippen LogP contribution is -2.25. The highest BCUT2D eigenvalue weighted by molar-refractivity contribution is 4.97. The predicted octanol–water partition coefficient (Wildman–Crippen LogP) is 2.23. The lowest BCUT2D eigenvalue weighted by Gasteiger charge is -2.19. The summed E-state index contributed by atoms with van der Waals surface area (Å²) in [6, 6.07) is 4.27. The SMILES string of the molecule is CCN(CCCC(C)N)Cc1ccco1. The van der Waals surface area contributed by atoms with Gasteiger partial charge in [0.15, 0.2) is 0 Å². The fraction of sp³-hybridized carbons (Fsp3) is 0.667. The molecule has 0 saturated carbocycles. The molecule has 0 fully saturated rings. The van der Waals surface area contributed by atoms with Crippen molar-refractivity contribution in [3.63, 3.8) is 0 Å². The maximum absolute atomic E-state index is 5.72. The van der Waals surface area contributed by atoms with Gasteiger partial charge in [-0.1, -0.05) is 6.92 Å². The molecule has 1 unspecified atom stereocenters. The first-order valence-corrected chi connectivity index (χ1v) is 5.72. The Morgan fingerprint density at radius 2 is 2.33 bits per heavy atom. The van der Waals surface area contributed by atoms with E-state index in [0.29, 0.717) is 6.04 Å². The van der Waals surface area contributed by atoms with E-state index in [0.717, 1.165) is 38.2 Å². The van der Waals surface area contributed by atoms with Crippen molar-refractivity contribution in [3.8, 4) is 0 Å². The first-order valence-electron chi connectivity index (χ1n) is 5.72. The van der Waals surface area contributed by atoms with Gasteiger partial charge in [-0.3, -0.25) is 4.90 Å². The maximum atomic E-state index is 5.72. The van der Waals surface area contributed by atoms with Crippen LogP contribution in [0, 0.1) is 0 Å². The molecule has 1 aromatic rings. The van der Waals surface area contributed by atoms with Gasteiger partial charge >= 0.3 is 0 Å². The van der Waals surface area contributed by atoms with Gasteiger partial charge in [-0.05, 0) is 45.0 Å². The van der Waals surface area contributed by atoms with E-state index in [1.807, 2.05) is 12.1 Å². The maximum Gasteiger partial charge on any atom is 0.117 e. The molecule has 15 heavy (non-hydrogen) atoms. The number of hydrogen-bond donors (Lipinski definition) is 1. The van der Waals surface area contributed by atoms with Gasteiger partial charge in [0.05, 0.1) is 12.8 Å². The minimum atomic E-state index is 0.312. The third-order valence-electron chi connectivity index (χ3n) is 2.54. The van der Waals surface area contributed by atoms with Crippen molar-refractivity contribution < 1.29 is 4.42 Å². The number of hydrogen-bond acceptors (Lipinski definition) is 3. The third-order valence-corrected chi connectivity index (χ3v) is 2.54. The lowest BCUT2D eigenvalue weighted by molar-refractivity contribution is 0.249. The van der Waals surface area contributed by atoms with Gasteiger partial charge in [-0.25, -0.2) is 0 Å². The average molecular weight is 210 g/mol. The molecule has 0 radical (unpaired) electrons. The summed E-state index contributed by atoms with van der Waals surface area (Å²) >= 11 is 0. The van der Waals surface area contributed by atoms with Crippen molar-refractivity contribution in [2.24, 2.45) is 5.73 Å². The van der Waals surface area contributed by atoms with Crippen molar-refractivity contribution in [2.45, 2.75) is 39.3 Å². The second-order valence-electron chi connectivity index (χ2n) is 4.07. The molecule has 0 aliphatic carbocycles. The molecule has 0 saturated heterocycles. The molecule has 1 heterocycles. The van der Waals surface area contributed by atoms with Crippen LogP contribution in [0.1, 0.15) is 32.4 Å². The normalized spacial score (nSPS) is 13.3. The topological polar surface area (TPSA) is 42.4 Å². The van der Waals surface area contributed by atoms with Crippen LogP contribution in [0.3, 0.4) is 0 Å². The molecule has 2 N–H and O–H groups in total. The van der Waals surface area contributed by atoms with Gasteiger partial charge in [0.2, 0.25) is 0 Å². The Morgan fingerprint density at radius 1 is 1.53 bits per heavy atom. The van der Waals surface area contributed by atoms with Crippen LogP contribution in [0.2, 0.25) is 0 Å². The van der Waals surface area contributed by atoms with Gasteiger partial charge in [0.1, 0.15) is 5.76 Å². The molecule has 1 rings (SSSR count). The highest BCUT2D eigenvalue weighted by Gasteiger charge is 2.05. The van der Waals surface area contributed by atoms with Crippen molar-refractivity contribution in [3.05, 3.63) is 24.2 Å². The monoisotopic (exact) mass is 210 g/mol. The first kappa shape index (κ1) is 12.3. The highest BCUT2D eigenvalue weighted by Crippen LogP contribution is 2.06. The summed E-state index contributed by atoms with van der Waals surface area (Å²) in [4.78, 5) is 2.38. The Hall–Kier alpha value is -0.800. The molecule has 1 aromatic heterocycles. The van der Waals surface area contributed by atoms with Gasteiger partial charge < -0.3 is 10.2 Å². The van der Waals surface area contributed by atoms with E-state index in [9.17, 15) is 0 Å². The van der Waals surface area contributed by atoms with E-state index in [2.05, 4.69) is 18.7 Å². The standard InChI is InChI=1S/C12H22N2O/c1-3-14(8-4-6-11(2)13)10-12-7-5-9-15-12/h5,7,9,11H,3-4,6,8,10,13H2,1-2H3. The molecule has 0 amide bonds. The van der Waals surface area contributed by atoms with Crippen LogP contribution in [0.5, 0.6) is 0 Å². The van der Waals surface area contributed by atoms with E-state index in [-0.39, 0.29) is 0 Å². The molecule has 86 valence electrons. The Balaban J connectivity index is 2.24. The first-order chi connectivity index (χ1) is 7.22. The van der Waals surface area contributed by atoms with Crippen LogP contribution in [0.15, 0.2) is 22.8 Å². The Bertz CT molecular complexity index is 244. The highest BCUT2D eigenvalue weighted by atomic mass is 16.3. The Morgan fingerprint density at radius 3 is 2.87 bits per heavy atom. The molecular formula is C12H22N2O. The lowest BCUT2D eigenvalue weighted by atomic mass is 10.2. The Labute approximate surface area is 92.2 Å². The van der Waals surface area contributed by atoms with E-state index < -0.39 is 0 Å². The summed E-state index contributed by atoms with van der Waals surface area (Å²) in [6.45, 7) is 7.29. The predicted molar refractivity (Wildman–Crippen MR) is 62.5 cm³/mol. The number of rotatable bonds is 7. The molecule has 3 heteroatoms. The van der Waals surface area contributed by atoms with Crippen molar-refractivity contribution in [1.82, 2.24) is 4.90 Å². The fourth-order valence-electron chi connectivity index (χ4n) is 1.61. The zero-order valence-electron chi connectivity index (χ0n) is 9.78. The second kappa shape index (κ2) is 6.64. The van der Waals surface area contributed by atoms with Crippen LogP contribution in [0.25, 0.3) is 0 Å². The van der Waals surface area contributed by atoms with Crippen molar-refractivity contribution in [2.75, 3.05) is 13.1 Å². The summed E-state index contributed by atoms with van der Waals surface area (Å²) in [7, 11) is 0. The quantitative estimate of drug-likeness (QED) is 0.750. The van der Waals surface area contributed by atoms with E-state index in [4.69, 9.17) is 10.2 Å². The van der Waals surface area contributed by atoms with Gasteiger partial charge in [-0.2, -0.15) is 0 Å². The molecule has 0 aromatic carbocycles. The molecule has 0 spiro atoms. The van der Waals surface area contributed by atoms with Crippen molar-refractivity contribution in [1.29, 1.82) is 0 Å². The smallest absolute Gasteiger partial charge is 0.117 e. The van der Waals surface area contributed by atoms with Crippen molar-refractivity contribution >= 4 is 0 Å². The molecule has 3 nitrogen and oxygen atoms in total. The summed E-state index contributed by atoms with van der Waals surface area (Å²) in [6.07, 6.45) is 3.98. The number of furan rings is 1.